The van der Waals surface area contributed by atoms with Crippen LogP contribution in [0.3, 0.4) is 0 Å². The molecule has 1 aromatic rings. The van der Waals surface area contributed by atoms with Gasteiger partial charge in [0.05, 0.1) is 0 Å². The number of rotatable bonds is 7. The zero-order valence-corrected chi connectivity index (χ0v) is 12.8. The Morgan fingerprint density at radius 2 is 1.74 bits per heavy atom. The average Bonchev–Trinajstić information content (AvgIpc) is 2.38. The Hall–Kier alpha value is -1.22. The Balaban J connectivity index is 2.95. The van der Waals surface area contributed by atoms with Gasteiger partial charge in [-0.2, -0.15) is 0 Å². The number of allylic oxidation sites excluding steroid dienone is 2. The number of hydrogen-bond acceptors (Lipinski definition) is 3. The second kappa shape index (κ2) is 8.81. The van der Waals surface area contributed by atoms with Crippen LogP contribution >= 0.6 is 11.8 Å². The van der Waals surface area contributed by atoms with Crippen LogP contribution in [0.2, 0.25) is 0 Å². The monoisotopic (exact) mass is 278 g/mol. The number of carbonyl (C=O) groups is 1. The molecule has 0 N–H and O–H groups in total. The molecule has 0 atom stereocenters. The third-order valence-electron chi connectivity index (χ3n) is 2.52. The Kier molecular flexibility index (Phi) is 7.34. The molecule has 2 nitrogen and oxygen atoms in total. The topological polar surface area (TPSA) is 26.3 Å². The van der Waals surface area contributed by atoms with E-state index < -0.39 is 0 Å². The maximum atomic E-state index is 11.2. The summed E-state index contributed by atoms with van der Waals surface area (Å²) in [6, 6.07) is 10.2. The number of carbonyl (C=O) groups excluding carboxylic acids is 1. The molecule has 0 aliphatic rings. The van der Waals surface area contributed by atoms with E-state index in [-0.39, 0.29) is 5.97 Å². The number of ether oxygens (including phenoxy) is 1. The Morgan fingerprint density at radius 1 is 1.11 bits per heavy atom. The van der Waals surface area contributed by atoms with Gasteiger partial charge in [0.25, 0.3) is 0 Å². The van der Waals surface area contributed by atoms with Crippen LogP contribution in [-0.2, 0) is 9.53 Å². The highest BCUT2D eigenvalue weighted by molar-refractivity contribution is 8.03. The molecule has 1 rings (SSSR count). The van der Waals surface area contributed by atoms with E-state index in [1.807, 2.05) is 18.2 Å². The van der Waals surface area contributed by atoms with Gasteiger partial charge in [0.2, 0.25) is 0 Å². The molecule has 0 radical (unpaired) electrons. The summed E-state index contributed by atoms with van der Waals surface area (Å²) in [6.45, 7) is 5.70. The van der Waals surface area contributed by atoms with Crippen LogP contribution in [0.1, 0.15) is 46.5 Å². The van der Waals surface area contributed by atoms with Gasteiger partial charge in [0.1, 0.15) is 5.76 Å². The first kappa shape index (κ1) is 15.8. The highest BCUT2D eigenvalue weighted by Gasteiger charge is 2.11. The molecule has 0 amide bonds. The van der Waals surface area contributed by atoms with Crippen molar-refractivity contribution in [3.8, 4) is 0 Å². The van der Waals surface area contributed by atoms with E-state index in [9.17, 15) is 4.79 Å². The average molecular weight is 278 g/mol. The molecule has 0 bridgehead atoms. The van der Waals surface area contributed by atoms with Gasteiger partial charge in [0, 0.05) is 23.1 Å². The van der Waals surface area contributed by atoms with Crippen molar-refractivity contribution in [2.75, 3.05) is 0 Å². The molecule has 0 saturated carbocycles. The Bertz CT molecular complexity index is 424. The highest BCUT2D eigenvalue weighted by atomic mass is 32.2. The fourth-order valence-corrected chi connectivity index (χ4v) is 2.89. The van der Waals surface area contributed by atoms with Crippen molar-refractivity contribution >= 4 is 17.7 Å². The fraction of sp³-hybridized carbons (Fsp3) is 0.438. The van der Waals surface area contributed by atoms with Crippen LogP contribution in [0, 0.1) is 0 Å². The van der Waals surface area contributed by atoms with Crippen molar-refractivity contribution < 1.29 is 9.53 Å². The second-order valence-electron chi connectivity index (χ2n) is 4.36. The molecule has 0 fully saturated rings. The summed E-state index contributed by atoms with van der Waals surface area (Å²) < 4.78 is 5.40. The van der Waals surface area contributed by atoms with Crippen molar-refractivity contribution in [3.63, 3.8) is 0 Å². The summed E-state index contributed by atoms with van der Waals surface area (Å²) in [7, 11) is 0. The quantitative estimate of drug-likeness (QED) is 0.392. The summed E-state index contributed by atoms with van der Waals surface area (Å²) >= 11 is 1.71. The number of esters is 1. The van der Waals surface area contributed by atoms with Gasteiger partial charge in [-0.05, 0) is 25.0 Å². The van der Waals surface area contributed by atoms with Crippen LogP contribution in [-0.4, -0.2) is 5.97 Å². The third kappa shape index (κ3) is 5.97. The first-order chi connectivity index (χ1) is 9.17. The molecule has 0 spiro atoms. The summed E-state index contributed by atoms with van der Waals surface area (Å²) in [5.41, 5.74) is 0. The van der Waals surface area contributed by atoms with Crippen molar-refractivity contribution in [2.45, 2.75) is 51.3 Å². The lowest BCUT2D eigenvalue weighted by Crippen LogP contribution is -2.01. The molecule has 3 heteroatoms. The van der Waals surface area contributed by atoms with Crippen LogP contribution in [0.4, 0.5) is 0 Å². The number of benzene rings is 1. The SMILES string of the molecule is CCC/C(OC(C)=O)=C(/CCC)Sc1ccccc1. The number of thioether (sulfide) groups is 1. The van der Waals surface area contributed by atoms with Gasteiger partial charge >= 0.3 is 5.97 Å². The molecular weight excluding hydrogens is 256 g/mol. The maximum Gasteiger partial charge on any atom is 0.307 e. The molecule has 1 aromatic carbocycles. The van der Waals surface area contributed by atoms with E-state index in [4.69, 9.17) is 4.74 Å². The van der Waals surface area contributed by atoms with Crippen LogP contribution in [0.15, 0.2) is 45.9 Å². The zero-order valence-electron chi connectivity index (χ0n) is 11.9. The van der Waals surface area contributed by atoms with Crippen LogP contribution in [0.25, 0.3) is 0 Å². The largest absolute Gasteiger partial charge is 0.430 e. The lowest BCUT2D eigenvalue weighted by atomic mass is 10.2. The minimum Gasteiger partial charge on any atom is -0.430 e. The minimum absolute atomic E-state index is 0.231. The molecule has 19 heavy (non-hydrogen) atoms. The maximum absolute atomic E-state index is 11.2. The molecule has 104 valence electrons. The third-order valence-corrected chi connectivity index (χ3v) is 3.70. The first-order valence-electron chi connectivity index (χ1n) is 6.80. The van der Waals surface area contributed by atoms with Crippen molar-refractivity contribution in [1.29, 1.82) is 0 Å². The van der Waals surface area contributed by atoms with Gasteiger partial charge in [-0.1, -0.05) is 50.2 Å². The van der Waals surface area contributed by atoms with E-state index in [1.165, 1.54) is 16.7 Å². The van der Waals surface area contributed by atoms with Gasteiger partial charge in [-0.3, -0.25) is 4.79 Å². The lowest BCUT2D eigenvalue weighted by molar-refractivity contribution is -0.137. The summed E-state index contributed by atoms with van der Waals surface area (Å²) in [5, 5.41) is 0. The lowest BCUT2D eigenvalue weighted by Gasteiger charge is -2.13. The van der Waals surface area contributed by atoms with E-state index in [0.717, 1.165) is 31.4 Å². The second-order valence-corrected chi connectivity index (χ2v) is 5.52. The summed E-state index contributed by atoms with van der Waals surface area (Å²) in [5.74, 6) is 0.608. The molecule has 0 unspecified atom stereocenters. The van der Waals surface area contributed by atoms with Gasteiger partial charge < -0.3 is 4.74 Å². The highest BCUT2D eigenvalue weighted by Crippen LogP contribution is 2.34. The minimum atomic E-state index is -0.231. The smallest absolute Gasteiger partial charge is 0.307 e. The summed E-state index contributed by atoms with van der Waals surface area (Å²) in [6.07, 6.45) is 3.78. The van der Waals surface area contributed by atoms with Crippen molar-refractivity contribution in [1.82, 2.24) is 0 Å². The molecular formula is C16H22O2S. The predicted molar refractivity (Wildman–Crippen MR) is 80.9 cm³/mol. The van der Waals surface area contributed by atoms with Crippen molar-refractivity contribution in [2.24, 2.45) is 0 Å². The van der Waals surface area contributed by atoms with Crippen LogP contribution < -0.4 is 0 Å². The van der Waals surface area contributed by atoms with Gasteiger partial charge in [-0.15, -0.1) is 0 Å². The summed E-state index contributed by atoms with van der Waals surface area (Å²) in [4.78, 5) is 13.6. The molecule has 0 aliphatic heterocycles. The van der Waals surface area contributed by atoms with E-state index >= 15 is 0 Å². The van der Waals surface area contributed by atoms with Crippen molar-refractivity contribution in [3.05, 3.63) is 41.0 Å². The van der Waals surface area contributed by atoms with E-state index in [2.05, 4.69) is 26.0 Å². The zero-order chi connectivity index (χ0) is 14.1. The van der Waals surface area contributed by atoms with Gasteiger partial charge in [0.15, 0.2) is 0 Å². The van der Waals surface area contributed by atoms with Gasteiger partial charge in [-0.25, -0.2) is 0 Å². The fourth-order valence-electron chi connectivity index (χ4n) is 1.75. The Labute approximate surface area is 120 Å². The normalized spacial score (nSPS) is 11.9. The molecule has 0 saturated heterocycles. The molecule has 0 aromatic heterocycles. The standard InChI is InChI=1S/C16H22O2S/c1-4-9-15(18-13(3)17)16(10-5-2)19-14-11-7-6-8-12-14/h6-8,11-12H,4-5,9-10H2,1-3H3/b16-15+. The first-order valence-corrected chi connectivity index (χ1v) is 7.62. The molecule has 0 heterocycles. The Morgan fingerprint density at radius 3 is 2.26 bits per heavy atom. The predicted octanol–water partition coefficient (Wildman–Crippen LogP) is 5.15. The number of hydrogen-bond donors (Lipinski definition) is 0. The van der Waals surface area contributed by atoms with E-state index in [0.29, 0.717) is 0 Å². The van der Waals surface area contributed by atoms with Crippen LogP contribution in [0.5, 0.6) is 0 Å². The molecule has 0 aliphatic carbocycles. The van der Waals surface area contributed by atoms with E-state index in [1.54, 1.807) is 11.8 Å².